The van der Waals surface area contributed by atoms with Crippen LogP contribution < -0.4 is 10.1 Å². The third-order valence-corrected chi connectivity index (χ3v) is 3.73. The normalized spacial score (nSPS) is 12.2. The van der Waals surface area contributed by atoms with Gasteiger partial charge in [0.05, 0.1) is 17.1 Å². The summed E-state index contributed by atoms with van der Waals surface area (Å²) >= 11 is 7.39. The largest absolute Gasteiger partial charge is 0.494 e. The third kappa shape index (κ3) is 2.94. The van der Waals surface area contributed by atoms with Crippen LogP contribution in [0.1, 0.15) is 18.5 Å². The van der Waals surface area contributed by atoms with Gasteiger partial charge >= 0.3 is 0 Å². The lowest BCUT2D eigenvalue weighted by Crippen LogP contribution is -2.06. The van der Waals surface area contributed by atoms with Crippen LogP contribution in [-0.4, -0.2) is 7.11 Å². The molecule has 1 heterocycles. The maximum absolute atomic E-state index is 13.1. The van der Waals surface area contributed by atoms with Gasteiger partial charge in [0.25, 0.3) is 0 Å². The van der Waals surface area contributed by atoms with E-state index in [0.717, 1.165) is 15.6 Å². The van der Waals surface area contributed by atoms with Crippen LogP contribution in [-0.2, 0) is 0 Å². The van der Waals surface area contributed by atoms with Crippen molar-refractivity contribution in [1.82, 2.24) is 0 Å². The summed E-state index contributed by atoms with van der Waals surface area (Å²) in [5.74, 6) is 0.173. The molecule has 0 radical (unpaired) electrons. The van der Waals surface area contributed by atoms with Crippen LogP contribution in [0.3, 0.4) is 0 Å². The quantitative estimate of drug-likeness (QED) is 0.877. The van der Waals surface area contributed by atoms with Crippen LogP contribution in [0.4, 0.5) is 10.1 Å². The van der Waals surface area contributed by atoms with Gasteiger partial charge in [-0.25, -0.2) is 4.39 Å². The maximum Gasteiger partial charge on any atom is 0.144 e. The summed E-state index contributed by atoms with van der Waals surface area (Å²) in [5.41, 5.74) is 1.85. The minimum absolute atomic E-state index is 0.0770. The molecule has 0 amide bonds. The lowest BCUT2D eigenvalue weighted by atomic mass is 10.1. The van der Waals surface area contributed by atoms with Gasteiger partial charge < -0.3 is 10.1 Å². The Bertz CT molecular complexity index is 544. The average molecular weight is 286 g/mol. The molecule has 0 saturated heterocycles. The van der Waals surface area contributed by atoms with Crippen molar-refractivity contribution < 1.29 is 9.13 Å². The highest BCUT2D eigenvalue weighted by Gasteiger charge is 2.11. The molecule has 1 aromatic heterocycles. The van der Waals surface area contributed by atoms with E-state index in [1.165, 1.54) is 30.6 Å². The fraction of sp³-hybridized carbons (Fsp3) is 0.231. The molecule has 0 saturated carbocycles. The molecule has 1 N–H and O–H groups in total. The molecule has 2 aromatic rings. The molecule has 0 bridgehead atoms. The van der Waals surface area contributed by atoms with Crippen molar-refractivity contribution in [3.05, 3.63) is 45.4 Å². The van der Waals surface area contributed by atoms with E-state index in [9.17, 15) is 4.39 Å². The molecule has 1 unspecified atom stereocenters. The molecule has 0 spiro atoms. The number of ether oxygens (including phenoxy) is 1. The first-order valence-corrected chi connectivity index (χ1v) is 6.70. The second-order valence-corrected chi connectivity index (χ2v) is 5.44. The number of anilines is 1. The Morgan fingerprint density at radius 1 is 1.39 bits per heavy atom. The Morgan fingerprint density at radius 3 is 2.78 bits per heavy atom. The van der Waals surface area contributed by atoms with Gasteiger partial charge in [0, 0.05) is 12.1 Å². The zero-order chi connectivity index (χ0) is 13.1. The molecular weight excluding hydrogens is 273 g/mol. The monoisotopic (exact) mass is 285 g/mol. The minimum atomic E-state index is -0.316. The minimum Gasteiger partial charge on any atom is -0.494 e. The first-order chi connectivity index (χ1) is 8.60. The van der Waals surface area contributed by atoms with E-state index < -0.39 is 0 Å². The summed E-state index contributed by atoms with van der Waals surface area (Å²) in [4.78, 5) is 0. The third-order valence-electron chi connectivity index (χ3n) is 2.62. The first kappa shape index (κ1) is 13.2. The number of thiophene rings is 1. The fourth-order valence-electron chi connectivity index (χ4n) is 1.65. The molecule has 2 nitrogen and oxygen atoms in total. The van der Waals surface area contributed by atoms with Gasteiger partial charge in [-0.15, -0.1) is 11.3 Å². The highest BCUT2D eigenvalue weighted by atomic mass is 35.5. The van der Waals surface area contributed by atoms with Gasteiger partial charge in [-0.2, -0.15) is 0 Å². The van der Waals surface area contributed by atoms with E-state index in [1.54, 1.807) is 6.07 Å². The highest BCUT2D eigenvalue weighted by Crippen LogP contribution is 2.31. The van der Waals surface area contributed by atoms with Crippen molar-refractivity contribution in [2.75, 3.05) is 12.4 Å². The summed E-state index contributed by atoms with van der Waals surface area (Å²) in [7, 11) is 1.52. The van der Waals surface area contributed by atoms with Gasteiger partial charge in [-0.05, 0) is 36.1 Å². The highest BCUT2D eigenvalue weighted by molar-refractivity contribution is 7.14. The van der Waals surface area contributed by atoms with Crippen LogP contribution in [0.2, 0.25) is 4.34 Å². The SMILES string of the molecule is COc1cc(F)ccc1NC(C)c1csc(Cl)c1. The number of hydrogen-bond donors (Lipinski definition) is 1. The number of halogens is 2. The Labute approximate surface area is 114 Å². The van der Waals surface area contributed by atoms with E-state index in [0.29, 0.717) is 5.75 Å². The number of hydrogen-bond acceptors (Lipinski definition) is 3. The van der Waals surface area contributed by atoms with Crippen molar-refractivity contribution in [2.45, 2.75) is 13.0 Å². The number of rotatable bonds is 4. The van der Waals surface area contributed by atoms with E-state index in [-0.39, 0.29) is 11.9 Å². The van der Waals surface area contributed by atoms with Crippen molar-refractivity contribution in [1.29, 1.82) is 0 Å². The van der Waals surface area contributed by atoms with E-state index >= 15 is 0 Å². The summed E-state index contributed by atoms with van der Waals surface area (Å²) in [6.07, 6.45) is 0. The smallest absolute Gasteiger partial charge is 0.144 e. The van der Waals surface area contributed by atoms with Crippen molar-refractivity contribution in [3.63, 3.8) is 0 Å². The van der Waals surface area contributed by atoms with E-state index in [2.05, 4.69) is 5.32 Å². The van der Waals surface area contributed by atoms with Crippen molar-refractivity contribution in [3.8, 4) is 5.75 Å². The van der Waals surface area contributed by atoms with Gasteiger partial charge in [0.2, 0.25) is 0 Å². The molecule has 96 valence electrons. The Morgan fingerprint density at radius 2 is 2.17 bits per heavy atom. The molecule has 1 aromatic carbocycles. The Balaban J connectivity index is 2.18. The Hall–Kier alpha value is -1.26. The van der Waals surface area contributed by atoms with E-state index in [4.69, 9.17) is 16.3 Å². The number of nitrogens with one attached hydrogen (secondary N) is 1. The average Bonchev–Trinajstić information content (AvgIpc) is 2.78. The predicted octanol–water partition coefficient (Wildman–Crippen LogP) is 4.72. The van der Waals surface area contributed by atoms with Crippen LogP contribution in [0.25, 0.3) is 0 Å². The summed E-state index contributed by atoms with van der Waals surface area (Å²) in [5, 5.41) is 5.27. The summed E-state index contributed by atoms with van der Waals surface area (Å²) < 4.78 is 19.0. The molecule has 18 heavy (non-hydrogen) atoms. The summed E-state index contributed by atoms with van der Waals surface area (Å²) in [6, 6.07) is 6.42. The van der Waals surface area contributed by atoms with Crippen LogP contribution in [0, 0.1) is 5.82 Å². The van der Waals surface area contributed by atoms with E-state index in [1.807, 2.05) is 18.4 Å². The molecule has 0 aliphatic carbocycles. The lowest BCUT2D eigenvalue weighted by Gasteiger charge is -2.16. The van der Waals surface area contributed by atoms with Gasteiger partial charge in [-0.3, -0.25) is 0 Å². The second kappa shape index (κ2) is 5.59. The standard InChI is InChI=1S/C13H13ClFNOS/c1-8(9-5-13(14)18-7-9)16-11-4-3-10(15)6-12(11)17-2/h3-8,16H,1-2H3. The molecule has 5 heteroatoms. The fourth-order valence-corrected chi connectivity index (χ4v) is 2.64. The number of methoxy groups -OCH3 is 1. The molecule has 1 atom stereocenters. The zero-order valence-electron chi connectivity index (χ0n) is 10.0. The summed E-state index contributed by atoms with van der Waals surface area (Å²) in [6.45, 7) is 2.02. The molecule has 2 rings (SSSR count). The first-order valence-electron chi connectivity index (χ1n) is 5.44. The van der Waals surface area contributed by atoms with Crippen LogP contribution in [0.5, 0.6) is 5.75 Å². The van der Waals surface area contributed by atoms with Gasteiger partial charge in [-0.1, -0.05) is 11.6 Å². The molecule has 0 fully saturated rings. The lowest BCUT2D eigenvalue weighted by molar-refractivity contribution is 0.412. The van der Waals surface area contributed by atoms with Gasteiger partial charge in [0.15, 0.2) is 0 Å². The van der Waals surface area contributed by atoms with Crippen molar-refractivity contribution >= 4 is 28.6 Å². The molecule has 0 aliphatic rings. The predicted molar refractivity (Wildman–Crippen MR) is 74.3 cm³/mol. The topological polar surface area (TPSA) is 21.3 Å². The van der Waals surface area contributed by atoms with Crippen LogP contribution in [0.15, 0.2) is 29.6 Å². The van der Waals surface area contributed by atoms with Gasteiger partial charge in [0.1, 0.15) is 11.6 Å². The Kier molecular flexibility index (Phi) is 4.09. The van der Waals surface area contributed by atoms with Crippen molar-refractivity contribution in [2.24, 2.45) is 0 Å². The molecular formula is C13H13ClFNOS. The molecule has 0 aliphatic heterocycles. The maximum atomic E-state index is 13.1. The second-order valence-electron chi connectivity index (χ2n) is 3.89. The van der Waals surface area contributed by atoms with Crippen LogP contribution >= 0.6 is 22.9 Å². The number of benzene rings is 1. The zero-order valence-corrected chi connectivity index (χ0v) is 11.6.